The molecule has 0 unspecified atom stereocenters. The van der Waals surface area contributed by atoms with Crippen molar-refractivity contribution in [1.82, 2.24) is 10.7 Å². The molecule has 0 saturated heterocycles. The van der Waals surface area contributed by atoms with Crippen LogP contribution in [-0.2, 0) is 11.2 Å². The van der Waals surface area contributed by atoms with Gasteiger partial charge in [0.05, 0.1) is 12.8 Å². The number of nitrogens with one attached hydrogen (secondary N) is 2. The Morgan fingerprint density at radius 1 is 1.38 bits per heavy atom. The minimum Gasteiger partial charge on any atom is -0.550 e. The number of rotatable bonds is 6. The predicted octanol–water partition coefficient (Wildman–Crippen LogP) is 1.75. The molecule has 2 atom stereocenters. The van der Waals surface area contributed by atoms with Crippen LogP contribution in [0.4, 0.5) is 0 Å². The predicted molar refractivity (Wildman–Crippen MR) is 104 cm³/mol. The highest BCUT2D eigenvalue weighted by atomic mass is 32.1. The highest BCUT2D eigenvalue weighted by Gasteiger charge is 2.21. The third-order valence-corrected chi connectivity index (χ3v) is 5.00. The quantitative estimate of drug-likeness (QED) is 0.447. The zero-order chi connectivity index (χ0) is 19.1. The van der Waals surface area contributed by atoms with E-state index in [0.717, 1.165) is 12.0 Å². The first-order valence-corrected chi connectivity index (χ1v) is 9.29. The molecule has 0 aliphatic heterocycles. The Labute approximate surface area is 160 Å². The number of carboxylic acids is 1. The van der Waals surface area contributed by atoms with Gasteiger partial charge < -0.3 is 20.0 Å². The number of nitrogens with zero attached hydrogens (tertiary/aromatic N) is 1. The Morgan fingerprint density at radius 3 is 2.77 bits per heavy atom. The van der Waals surface area contributed by atoms with Gasteiger partial charge in [0.2, 0.25) is 0 Å². The average Bonchev–Trinajstić information content (AvgIpc) is 2.61. The first kappa shape index (κ1) is 20.2. The number of methoxy groups -OCH3 is 1. The summed E-state index contributed by atoms with van der Waals surface area (Å²) in [5.74, 6) is -0.0373. The van der Waals surface area contributed by atoms with E-state index in [9.17, 15) is 9.90 Å². The second-order valence-corrected chi connectivity index (χ2v) is 7.13. The van der Waals surface area contributed by atoms with E-state index in [-0.39, 0.29) is 6.42 Å². The Balaban J connectivity index is 2.01. The van der Waals surface area contributed by atoms with Gasteiger partial charge in [-0.15, -0.1) is 0 Å². The number of carbonyl (C=O) groups is 1. The summed E-state index contributed by atoms with van der Waals surface area (Å²) >= 11 is 5.34. The number of aliphatic carboxylic acids is 1. The first-order valence-electron chi connectivity index (χ1n) is 8.88. The zero-order valence-corrected chi connectivity index (χ0v) is 16.3. The van der Waals surface area contributed by atoms with Crippen LogP contribution in [0.5, 0.6) is 5.75 Å². The molecule has 26 heavy (non-hydrogen) atoms. The maximum Gasteiger partial charge on any atom is 0.187 e. The zero-order valence-electron chi connectivity index (χ0n) is 15.5. The fourth-order valence-corrected chi connectivity index (χ4v) is 3.42. The number of thiocarbonyl (C=S) groups is 1. The van der Waals surface area contributed by atoms with Crippen molar-refractivity contribution in [2.75, 3.05) is 7.11 Å². The molecule has 0 aromatic heterocycles. The van der Waals surface area contributed by atoms with Gasteiger partial charge in [-0.25, -0.2) is 0 Å². The van der Waals surface area contributed by atoms with Gasteiger partial charge in [-0.05, 0) is 61.7 Å². The van der Waals surface area contributed by atoms with Crippen LogP contribution >= 0.6 is 12.2 Å². The number of hydrogen-bond donors (Lipinski definition) is 2. The second-order valence-electron chi connectivity index (χ2n) is 6.73. The van der Waals surface area contributed by atoms with Crippen molar-refractivity contribution < 1.29 is 14.6 Å². The average molecular weight is 377 g/mol. The summed E-state index contributed by atoms with van der Waals surface area (Å²) in [7, 11) is 1.51. The summed E-state index contributed by atoms with van der Waals surface area (Å²) in [4.78, 5) is 10.9. The first-order chi connectivity index (χ1) is 12.4. The molecule has 0 spiro atoms. The van der Waals surface area contributed by atoms with Gasteiger partial charge in [-0.2, -0.15) is 5.10 Å². The van der Waals surface area contributed by atoms with Crippen LogP contribution in [0.1, 0.15) is 50.7 Å². The van der Waals surface area contributed by atoms with Crippen molar-refractivity contribution in [2.45, 2.75) is 52.0 Å². The third kappa shape index (κ3) is 5.69. The SMILES string of the molecule is COc1ccc(/C(C)=N\NC(=S)N[C@@H]2CCCC[C@H]2C)cc1CC(=O)[O-]. The lowest BCUT2D eigenvalue weighted by atomic mass is 9.86. The van der Waals surface area contributed by atoms with Crippen molar-refractivity contribution in [1.29, 1.82) is 0 Å². The van der Waals surface area contributed by atoms with Crippen LogP contribution in [0.3, 0.4) is 0 Å². The van der Waals surface area contributed by atoms with Crippen LogP contribution in [0.15, 0.2) is 23.3 Å². The van der Waals surface area contributed by atoms with E-state index in [0.29, 0.717) is 34.1 Å². The van der Waals surface area contributed by atoms with Crippen LogP contribution in [-0.4, -0.2) is 29.9 Å². The monoisotopic (exact) mass is 376 g/mol. The van der Waals surface area contributed by atoms with E-state index in [1.807, 2.05) is 13.0 Å². The molecule has 1 saturated carbocycles. The summed E-state index contributed by atoms with van der Waals surface area (Å²) < 4.78 is 5.20. The largest absolute Gasteiger partial charge is 0.550 e. The molecule has 0 heterocycles. The number of hydrazone groups is 1. The lowest BCUT2D eigenvalue weighted by Crippen LogP contribution is -2.44. The molecule has 142 valence electrons. The molecule has 1 aromatic carbocycles. The van der Waals surface area contributed by atoms with Gasteiger partial charge in [-0.3, -0.25) is 5.43 Å². The molecule has 2 rings (SSSR count). The summed E-state index contributed by atoms with van der Waals surface area (Å²) in [6.07, 6.45) is 4.63. The molecule has 1 fully saturated rings. The summed E-state index contributed by atoms with van der Waals surface area (Å²) in [6.45, 7) is 4.08. The number of hydrogen-bond acceptors (Lipinski definition) is 5. The molecule has 6 nitrogen and oxygen atoms in total. The molecule has 7 heteroatoms. The second kappa shape index (κ2) is 9.52. The Hall–Kier alpha value is -2.15. The standard InChI is InChI=1S/C19H27N3O3S/c1-12-6-4-5-7-16(12)20-19(26)22-21-13(2)14-8-9-17(25-3)15(10-14)11-18(23)24/h8-10,12,16H,4-7,11H2,1-3H3,(H,23,24)(H2,20,22,26)/p-1/b21-13-/t12-,16-/m1/s1. The molecule has 1 aliphatic rings. The van der Waals surface area contributed by atoms with Crippen LogP contribution < -0.4 is 20.6 Å². The third-order valence-electron chi connectivity index (χ3n) is 4.79. The van der Waals surface area contributed by atoms with Gasteiger partial charge in [0.25, 0.3) is 0 Å². The van der Waals surface area contributed by atoms with Crippen molar-refractivity contribution in [2.24, 2.45) is 11.0 Å². The summed E-state index contributed by atoms with van der Waals surface area (Å²) in [5, 5.41) is 19.1. The minimum atomic E-state index is -1.15. The summed E-state index contributed by atoms with van der Waals surface area (Å²) in [6, 6.07) is 5.69. The normalized spacial score (nSPS) is 20.3. The van der Waals surface area contributed by atoms with E-state index in [4.69, 9.17) is 17.0 Å². The van der Waals surface area contributed by atoms with Crippen LogP contribution in [0, 0.1) is 5.92 Å². The molecular weight excluding hydrogens is 350 g/mol. The van der Waals surface area contributed by atoms with Crippen LogP contribution in [0.25, 0.3) is 0 Å². The van der Waals surface area contributed by atoms with E-state index < -0.39 is 5.97 Å². The highest BCUT2D eigenvalue weighted by molar-refractivity contribution is 7.80. The van der Waals surface area contributed by atoms with Crippen molar-refractivity contribution in [3.63, 3.8) is 0 Å². The fraction of sp³-hybridized carbons (Fsp3) is 0.526. The van der Waals surface area contributed by atoms with Crippen molar-refractivity contribution in [3.8, 4) is 5.75 Å². The molecule has 2 N–H and O–H groups in total. The lowest BCUT2D eigenvalue weighted by Gasteiger charge is -2.30. The molecular formula is C19H26N3O3S-. The molecule has 0 bridgehead atoms. The minimum absolute atomic E-state index is 0.211. The molecule has 0 radical (unpaired) electrons. The maximum absolute atomic E-state index is 10.9. The molecule has 0 amide bonds. The van der Waals surface area contributed by atoms with Crippen molar-refractivity contribution in [3.05, 3.63) is 29.3 Å². The van der Waals surface area contributed by atoms with E-state index in [1.54, 1.807) is 12.1 Å². The Bertz CT molecular complexity index is 691. The van der Waals surface area contributed by atoms with Gasteiger partial charge in [0.15, 0.2) is 5.11 Å². The Morgan fingerprint density at radius 2 is 2.12 bits per heavy atom. The van der Waals surface area contributed by atoms with Crippen LogP contribution in [0.2, 0.25) is 0 Å². The van der Waals surface area contributed by atoms with Gasteiger partial charge >= 0.3 is 0 Å². The highest BCUT2D eigenvalue weighted by Crippen LogP contribution is 2.23. The van der Waals surface area contributed by atoms with Gasteiger partial charge in [0.1, 0.15) is 5.75 Å². The number of ether oxygens (including phenoxy) is 1. The molecule has 1 aromatic rings. The van der Waals surface area contributed by atoms with Crippen molar-refractivity contribution >= 4 is 29.0 Å². The smallest absolute Gasteiger partial charge is 0.187 e. The number of carbonyl (C=O) groups excluding carboxylic acids is 1. The summed E-state index contributed by atoms with van der Waals surface area (Å²) in [5.41, 5.74) is 4.93. The Kier molecular flexibility index (Phi) is 7.38. The number of carboxylic acid groups (broad SMARTS) is 1. The fourth-order valence-electron chi connectivity index (χ4n) is 3.23. The molecule has 1 aliphatic carbocycles. The maximum atomic E-state index is 10.9. The van der Waals surface area contributed by atoms with E-state index >= 15 is 0 Å². The number of benzene rings is 1. The van der Waals surface area contributed by atoms with E-state index in [2.05, 4.69) is 22.8 Å². The van der Waals surface area contributed by atoms with E-state index in [1.165, 1.54) is 26.4 Å². The lowest BCUT2D eigenvalue weighted by molar-refractivity contribution is -0.304. The van der Waals surface area contributed by atoms with Gasteiger partial charge in [0, 0.05) is 24.0 Å². The topological polar surface area (TPSA) is 85.8 Å². The van der Waals surface area contributed by atoms with Gasteiger partial charge in [-0.1, -0.05) is 19.8 Å².